The number of halogens is 3. The lowest BCUT2D eigenvalue weighted by Crippen LogP contribution is -2.22. The average molecular weight is 552 g/mol. The molecule has 1 aliphatic rings. The van der Waals surface area contributed by atoms with Crippen LogP contribution in [0.5, 0.6) is 5.75 Å². The number of alkyl halides is 3. The van der Waals surface area contributed by atoms with Crippen molar-refractivity contribution >= 4 is 22.7 Å². The van der Waals surface area contributed by atoms with Gasteiger partial charge >= 0.3 is 6.18 Å². The van der Waals surface area contributed by atoms with E-state index in [1.165, 1.54) is 18.4 Å². The number of pyridine rings is 1. The second-order valence-electron chi connectivity index (χ2n) is 9.19. The van der Waals surface area contributed by atoms with E-state index in [4.69, 9.17) is 18.6 Å². The van der Waals surface area contributed by atoms with Crippen LogP contribution >= 0.6 is 11.8 Å². The van der Waals surface area contributed by atoms with Crippen LogP contribution in [0.4, 0.5) is 13.2 Å². The Morgan fingerprint density at radius 3 is 2.68 bits per heavy atom. The van der Waals surface area contributed by atoms with Gasteiger partial charge in [0, 0.05) is 29.2 Å². The van der Waals surface area contributed by atoms with E-state index in [9.17, 15) is 18.0 Å². The summed E-state index contributed by atoms with van der Waals surface area (Å²) < 4.78 is 61.1. The van der Waals surface area contributed by atoms with Gasteiger partial charge in [0.2, 0.25) is 11.2 Å². The number of aromatic nitrogens is 1. The zero-order valence-electron chi connectivity index (χ0n) is 21.1. The fraction of sp³-hybridized carbons (Fsp3) is 0.500. The van der Waals surface area contributed by atoms with Crippen LogP contribution in [0.1, 0.15) is 62.7 Å². The summed E-state index contributed by atoms with van der Waals surface area (Å²) >= 11 is 1.64. The first-order valence-corrected chi connectivity index (χ1v) is 14.0. The minimum atomic E-state index is -4.37. The van der Waals surface area contributed by atoms with Crippen LogP contribution in [-0.4, -0.2) is 30.2 Å². The molecule has 1 unspecified atom stereocenters. The third-order valence-electron chi connectivity index (χ3n) is 6.24. The largest absolute Gasteiger partial charge is 0.487 e. The van der Waals surface area contributed by atoms with E-state index in [-0.39, 0.29) is 24.1 Å². The van der Waals surface area contributed by atoms with E-state index >= 15 is 0 Å². The molecule has 0 spiro atoms. The molecule has 1 aromatic carbocycles. The van der Waals surface area contributed by atoms with Crippen molar-refractivity contribution in [2.75, 3.05) is 19.0 Å². The van der Waals surface area contributed by atoms with Crippen LogP contribution in [-0.2, 0) is 22.3 Å². The molecule has 0 bridgehead atoms. The number of hydrogen-bond acceptors (Lipinski definition) is 7. The van der Waals surface area contributed by atoms with E-state index < -0.39 is 11.7 Å². The number of nitrogens with zero attached hydrogens (tertiary/aromatic N) is 1. The van der Waals surface area contributed by atoms with Crippen molar-refractivity contribution < 1.29 is 31.8 Å². The highest BCUT2D eigenvalue weighted by Gasteiger charge is 2.30. The summed E-state index contributed by atoms with van der Waals surface area (Å²) in [6.07, 6.45) is 6.11. The van der Waals surface area contributed by atoms with Gasteiger partial charge in [0.15, 0.2) is 6.29 Å². The summed E-state index contributed by atoms with van der Waals surface area (Å²) in [6, 6.07) is 6.95. The zero-order chi connectivity index (χ0) is 26.8. The standard InChI is InChI=1S/C28H32F3NO5S/c29-28(30,31)20-9-10-22-23(16-20)32-12-11-26(22)38-15-7-3-1-2-5-13-34-25-19-36-21(17-24(25)33)18-37-27-8-4-6-14-35-27/h9-12,16-17,19,27H,1-8,13-15,18H2. The highest BCUT2D eigenvalue weighted by Crippen LogP contribution is 2.34. The molecule has 0 amide bonds. The SMILES string of the molecule is O=c1cc(COC2CCCCO2)occ1OCCCCCCCSc1ccnc2cc(C(F)(F)F)ccc12. The topological polar surface area (TPSA) is 70.8 Å². The Labute approximate surface area is 223 Å². The summed E-state index contributed by atoms with van der Waals surface area (Å²) in [5.41, 5.74) is -0.554. The van der Waals surface area contributed by atoms with Crippen molar-refractivity contribution in [2.24, 2.45) is 0 Å². The molecule has 206 valence electrons. The van der Waals surface area contributed by atoms with E-state index in [0.29, 0.717) is 24.5 Å². The Bertz CT molecular complexity index is 1230. The van der Waals surface area contributed by atoms with Crippen molar-refractivity contribution in [2.45, 2.75) is 75.3 Å². The Hall–Kier alpha value is -2.56. The summed E-state index contributed by atoms with van der Waals surface area (Å²) in [7, 11) is 0. The molecule has 0 radical (unpaired) electrons. The smallest absolute Gasteiger partial charge is 0.416 e. The molecule has 10 heteroatoms. The van der Waals surface area contributed by atoms with Crippen LogP contribution < -0.4 is 10.2 Å². The zero-order valence-corrected chi connectivity index (χ0v) is 22.0. The highest BCUT2D eigenvalue weighted by molar-refractivity contribution is 7.99. The molecular formula is C28H32F3NO5S. The summed E-state index contributed by atoms with van der Waals surface area (Å²) in [5.74, 6) is 1.52. The van der Waals surface area contributed by atoms with Gasteiger partial charge in [-0.25, -0.2) is 0 Å². The molecule has 2 aromatic heterocycles. The van der Waals surface area contributed by atoms with Gasteiger partial charge in [-0.3, -0.25) is 9.78 Å². The van der Waals surface area contributed by atoms with Gasteiger partial charge in [0.05, 0.1) is 17.7 Å². The second kappa shape index (κ2) is 14.0. The van der Waals surface area contributed by atoms with E-state index in [0.717, 1.165) is 79.5 Å². The molecule has 1 aliphatic heterocycles. The highest BCUT2D eigenvalue weighted by atomic mass is 32.2. The van der Waals surface area contributed by atoms with Crippen LogP contribution in [0.15, 0.2) is 56.9 Å². The van der Waals surface area contributed by atoms with E-state index in [1.54, 1.807) is 18.0 Å². The van der Waals surface area contributed by atoms with Gasteiger partial charge in [-0.15, -0.1) is 11.8 Å². The van der Waals surface area contributed by atoms with Crippen LogP contribution in [0.25, 0.3) is 10.9 Å². The number of fused-ring (bicyclic) bond motifs is 1. The lowest BCUT2D eigenvalue weighted by Gasteiger charge is -2.22. The number of thioether (sulfide) groups is 1. The van der Waals surface area contributed by atoms with Crippen molar-refractivity contribution in [3.8, 4) is 5.75 Å². The fourth-order valence-corrected chi connectivity index (χ4v) is 5.21. The quantitative estimate of drug-likeness (QED) is 0.162. The van der Waals surface area contributed by atoms with Crippen LogP contribution in [0, 0.1) is 0 Å². The maximum atomic E-state index is 12.9. The van der Waals surface area contributed by atoms with Gasteiger partial charge < -0.3 is 18.6 Å². The maximum Gasteiger partial charge on any atom is 0.416 e. The minimum absolute atomic E-state index is 0.189. The monoisotopic (exact) mass is 551 g/mol. The van der Waals surface area contributed by atoms with Crippen LogP contribution in [0.2, 0.25) is 0 Å². The van der Waals surface area contributed by atoms with E-state index in [2.05, 4.69) is 4.98 Å². The summed E-state index contributed by atoms with van der Waals surface area (Å²) in [6.45, 7) is 1.32. The molecule has 4 rings (SSSR count). The number of ether oxygens (including phenoxy) is 3. The van der Waals surface area contributed by atoms with E-state index in [1.807, 2.05) is 6.07 Å². The predicted molar refractivity (Wildman–Crippen MR) is 139 cm³/mol. The third kappa shape index (κ3) is 8.47. The molecular weight excluding hydrogens is 519 g/mol. The number of benzene rings is 1. The number of unbranched alkanes of at least 4 members (excludes halogenated alkanes) is 4. The summed E-state index contributed by atoms with van der Waals surface area (Å²) in [5, 5.41) is 0.742. The predicted octanol–water partition coefficient (Wildman–Crippen LogP) is 7.37. The van der Waals surface area contributed by atoms with Crippen molar-refractivity contribution in [3.05, 3.63) is 64.3 Å². The molecule has 1 fully saturated rings. The van der Waals surface area contributed by atoms with Gasteiger partial charge in [-0.2, -0.15) is 13.2 Å². The van der Waals surface area contributed by atoms with Crippen molar-refractivity contribution in [3.63, 3.8) is 0 Å². The lowest BCUT2D eigenvalue weighted by atomic mass is 10.1. The second-order valence-corrected chi connectivity index (χ2v) is 10.3. The fourth-order valence-electron chi connectivity index (χ4n) is 4.16. The number of rotatable bonds is 13. The molecule has 1 saturated heterocycles. The van der Waals surface area contributed by atoms with Gasteiger partial charge in [0.1, 0.15) is 18.6 Å². The minimum Gasteiger partial charge on any atom is -0.487 e. The molecule has 0 N–H and O–H groups in total. The van der Waals surface area contributed by atoms with Gasteiger partial charge in [0.25, 0.3) is 0 Å². The summed E-state index contributed by atoms with van der Waals surface area (Å²) in [4.78, 5) is 17.3. The Morgan fingerprint density at radius 2 is 1.89 bits per heavy atom. The Kier molecular flexibility index (Phi) is 10.5. The van der Waals surface area contributed by atoms with Gasteiger partial charge in [-0.1, -0.05) is 25.3 Å². The maximum absolute atomic E-state index is 12.9. The lowest BCUT2D eigenvalue weighted by molar-refractivity contribution is -0.171. The molecule has 1 atom stereocenters. The molecule has 3 heterocycles. The van der Waals surface area contributed by atoms with Crippen LogP contribution in [0.3, 0.4) is 0 Å². The first-order chi connectivity index (χ1) is 18.4. The normalized spacial score (nSPS) is 16.1. The van der Waals surface area contributed by atoms with Gasteiger partial charge in [-0.05, 0) is 56.1 Å². The first-order valence-electron chi connectivity index (χ1n) is 13.0. The molecule has 0 aliphatic carbocycles. The Morgan fingerprint density at radius 1 is 1.05 bits per heavy atom. The average Bonchev–Trinajstić information content (AvgIpc) is 2.91. The first kappa shape index (κ1) is 28.4. The Balaban J connectivity index is 1.09. The number of hydrogen-bond donors (Lipinski definition) is 0. The van der Waals surface area contributed by atoms with Crippen molar-refractivity contribution in [1.82, 2.24) is 4.98 Å². The molecule has 6 nitrogen and oxygen atoms in total. The molecule has 3 aromatic rings. The molecule has 38 heavy (non-hydrogen) atoms. The third-order valence-corrected chi connectivity index (χ3v) is 7.40. The molecule has 0 saturated carbocycles. The van der Waals surface area contributed by atoms with Crippen molar-refractivity contribution in [1.29, 1.82) is 0 Å².